The van der Waals surface area contributed by atoms with Crippen LogP contribution in [0.2, 0.25) is 10.0 Å². The molecule has 2 N–H and O–H groups in total. The number of nitrogens with one attached hydrogen (secondary N) is 2. The first-order chi connectivity index (χ1) is 10.0. The molecule has 0 atom stereocenters. The molecule has 0 aliphatic heterocycles. The van der Waals surface area contributed by atoms with Crippen molar-refractivity contribution in [2.45, 2.75) is 0 Å². The van der Waals surface area contributed by atoms with Gasteiger partial charge in [-0.05, 0) is 18.2 Å². The molecule has 0 saturated heterocycles. The second-order valence-corrected chi connectivity index (χ2v) is 4.76. The summed E-state index contributed by atoms with van der Waals surface area (Å²) >= 11 is 11.8. The highest BCUT2D eigenvalue weighted by molar-refractivity contribution is 6.39. The zero-order valence-corrected chi connectivity index (χ0v) is 12.0. The Bertz CT molecular complexity index is 687. The average Bonchev–Trinajstić information content (AvgIpc) is 2.45. The van der Waals surface area contributed by atoms with Crippen molar-refractivity contribution >= 4 is 40.5 Å². The van der Waals surface area contributed by atoms with Crippen molar-refractivity contribution in [3.63, 3.8) is 0 Å². The molecule has 0 aliphatic carbocycles. The minimum atomic E-state index is -0.594. The molecule has 0 aromatic heterocycles. The van der Waals surface area contributed by atoms with E-state index in [0.717, 1.165) is 0 Å². The van der Waals surface area contributed by atoms with Crippen molar-refractivity contribution in [3.05, 3.63) is 68.2 Å². The van der Waals surface area contributed by atoms with E-state index in [-0.39, 0.29) is 27.0 Å². The summed E-state index contributed by atoms with van der Waals surface area (Å²) in [7, 11) is 0. The summed E-state index contributed by atoms with van der Waals surface area (Å²) in [6.07, 6.45) is 0. The number of benzene rings is 2. The summed E-state index contributed by atoms with van der Waals surface area (Å²) in [5.74, 6) is -0.594. The quantitative estimate of drug-likeness (QED) is 0.663. The molecular weight excluding hydrogens is 317 g/mol. The molecule has 0 unspecified atom stereocenters. The molecule has 2 rings (SSSR count). The largest absolute Gasteiger partial charge is 0.294 e. The summed E-state index contributed by atoms with van der Waals surface area (Å²) in [5, 5.41) is 11.2. The molecule has 1 amide bonds. The van der Waals surface area contributed by atoms with Gasteiger partial charge in [0.2, 0.25) is 0 Å². The summed E-state index contributed by atoms with van der Waals surface area (Å²) < 4.78 is 0. The molecule has 0 spiro atoms. The Morgan fingerprint density at radius 2 is 1.67 bits per heavy atom. The van der Waals surface area contributed by atoms with E-state index in [9.17, 15) is 14.9 Å². The van der Waals surface area contributed by atoms with Crippen molar-refractivity contribution in [2.75, 3.05) is 5.43 Å². The van der Waals surface area contributed by atoms with Crippen LogP contribution in [0.25, 0.3) is 0 Å². The molecular formula is C13H9Cl2N3O3. The SMILES string of the molecule is O=C(NNc1ccccc1[N+](=O)[O-])c1c(Cl)cccc1Cl. The highest BCUT2D eigenvalue weighted by Crippen LogP contribution is 2.25. The molecule has 0 heterocycles. The monoisotopic (exact) mass is 325 g/mol. The number of carbonyl (C=O) groups is 1. The van der Waals surface area contributed by atoms with E-state index < -0.39 is 10.8 Å². The van der Waals surface area contributed by atoms with Gasteiger partial charge >= 0.3 is 0 Å². The Morgan fingerprint density at radius 3 is 2.29 bits per heavy atom. The lowest BCUT2D eigenvalue weighted by Gasteiger charge is -2.10. The summed E-state index contributed by atoms with van der Waals surface area (Å²) in [5.41, 5.74) is 4.90. The van der Waals surface area contributed by atoms with Gasteiger partial charge in [-0.3, -0.25) is 25.8 Å². The first kappa shape index (κ1) is 15.1. The normalized spacial score (nSPS) is 10.0. The van der Waals surface area contributed by atoms with Gasteiger partial charge in [0.1, 0.15) is 5.69 Å². The molecule has 6 nitrogen and oxygen atoms in total. The van der Waals surface area contributed by atoms with Gasteiger partial charge in [0.15, 0.2) is 0 Å². The van der Waals surface area contributed by atoms with Crippen molar-refractivity contribution in [1.82, 2.24) is 5.43 Å². The van der Waals surface area contributed by atoms with Crippen LogP contribution in [0.1, 0.15) is 10.4 Å². The lowest BCUT2D eigenvalue weighted by Crippen LogP contribution is -2.30. The molecule has 21 heavy (non-hydrogen) atoms. The lowest BCUT2D eigenvalue weighted by molar-refractivity contribution is -0.384. The third-order valence-corrected chi connectivity index (χ3v) is 3.23. The summed E-state index contributed by atoms with van der Waals surface area (Å²) in [6, 6.07) is 10.6. The molecule has 2 aromatic carbocycles. The average molecular weight is 326 g/mol. The third kappa shape index (κ3) is 3.42. The van der Waals surface area contributed by atoms with Crippen LogP contribution in [0.5, 0.6) is 0 Å². The van der Waals surface area contributed by atoms with E-state index in [4.69, 9.17) is 23.2 Å². The predicted molar refractivity (Wildman–Crippen MR) is 80.6 cm³/mol. The van der Waals surface area contributed by atoms with Crippen LogP contribution in [0.4, 0.5) is 11.4 Å². The number of hydrogen-bond donors (Lipinski definition) is 2. The second kappa shape index (κ2) is 6.43. The van der Waals surface area contributed by atoms with Gasteiger partial charge in [0.25, 0.3) is 11.6 Å². The fourth-order valence-corrected chi connectivity index (χ4v) is 2.21. The van der Waals surface area contributed by atoms with Gasteiger partial charge in [-0.2, -0.15) is 0 Å². The number of para-hydroxylation sites is 2. The van der Waals surface area contributed by atoms with Crippen LogP contribution >= 0.6 is 23.2 Å². The number of hydrogen-bond acceptors (Lipinski definition) is 4. The Kier molecular flexibility index (Phi) is 4.62. The molecule has 108 valence electrons. The fraction of sp³-hybridized carbons (Fsp3) is 0. The van der Waals surface area contributed by atoms with Gasteiger partial charge in [0, 0.05) is 6.07 Å². The second-order valence-electron chi connectivity index (χ2n) is 3.95. The van der Waals surface area contributed by atoms with Crippen LogP contribution in [0.15, 0.2) is 42.5 Å². The van der Waals surface area contributed by atoms with E-state index in [1.54, 1.807) is 12.1 Å². The van der Waals surface area contributed by atoms with E-state index in [2.05, 4.69) is 10.9 Å². The van der Waals surface area contributed by atoms with E-state index >= 15 is 0 Å². The minimum Gasteiger partial charge on any atom is -0.292 e. The van der Waals surface area contributed by atoms with Crippen LogP contribution in [-0.4, -0.2) is 10.8 Å². The van der Waals surface area contributed by atoms with Crippen LogP contribution in [-0.2, 0) is 0 Å². The first-order valence-electron chi connectivity index (χ1n) is 5.74. The Morgan fingerprint density at radius 1 is 1.05 bits per heavy atom. The zero-order valence-electron chi connectivity index (χ0n) is 10.5. The highest BCUT2D eigenvalue weighted by Gasteiger charge is 2.16. The maximum Gasteiger partial charge on any atom is 0.294 e. The van der Waals surface area contributed by atoms with Gasteiger partial charge in [0.05, 0.1) is 20.5 Å². The molecule has 0 aliphatic rings. The Balaban J connectivity index is 2.17. The number of nitro benzene ring substituents is 1. The van der Waals surface area contributed by atoms with Crippen molar-refractivity contribution in [1.29, 1.82) is 0 Å². The zero-order chi connectivity index (χ0) is 15.4. The lowest BCUT2D eigenvalue weighted by atomic mass is 10.2. The number of carbonyl (C=O) groups excluding carboxylic acids is 1. The third-order valence-electron chi connectivity index (χ3n) is 2.60. The maximum absolute atomic E-state index is 12.0. The van der Waals surface area contributed by atoms with E-state index in [0.29, 0.717) is 0 Å². The number of nitro groups is 1. The van der Waals surface area contributed by atoms with Crippen LogP contribution in [0, 0.1) is 10.1 Å². The molecule has 0 bridgehead atoms. The number of rotatable bonds is 4. The molecule has 0 fully saturated rings. The Labute approximate surface area is 129 Å². The van der Waals surface area contributed by atoms with E-state index in [1.165, 1.54) is 30.3 Å². The molecule has 2 aromatic rings. The molecule has 0 saturated carbocycles. The smallest absolute Gasteiger partial charge is 0.292 e. The van der Waals surface area contributed by atoms with Crippen LogP contribution in [0.3, 0.4) is 0 Å². The maximum atomic E-state index is 12.0. The minimum absolute atomic E-state index is 0.0897. The van der Waals surface area contributed by atoms with Crippen LogP contribution < -0.4 is 10.9 Å². The van der Waals surface area contributed by atoms with Crippen molar-refractivity contribution < 1.29 is 9.72 Å². The highest BCUT2D eigenvalue weighted by atomic mass is 35.5. The fourth-order valence-electron chi connectivity index (χ4n) is 1.64. The number of halogens is 2. The number of anilines is 1. The van der Waals surface area contributed by atoms with Gasteiger partial charge in [-0.1, -0.05) is 41.4 Å². The summed E-state index contributed by atoms with van der Waals surface area (Å²) in [4.78, 5) is 22.3. The van der Waals surface area contributed by atoms with Gasteiger partial charge in [-0.15, -0.1) is 0 Å². The van der Waals surface area contributed by atoms with E-state index in [1.807, 2.05) is 0 Å². The first-order valence-corrected chi connectivity index (χ1v) is 6.50. The van der Waals surface area contributed by atoms with Gasteiger partial charge < -0.3 is 0 Å². The number of amides is 1. The standard InChI is InChI=1S/C13H9Cl2N3O3/c14-8-4-3-5-9(15)12(8)13(19)17-16-10-6-1-2-7-11(10)18(20)21/h1-7,16H,(H,17,19). The number of hydrazine groups is 1. The number of nitrogens with zero attached hydrogens (tertiary/aromatic N) is 1. The van der Waals surface area contributed by atoms with Crippen molar-refractivity contribution in [3.8, 4) is 0 Å². The topological polar surface area (TPSA) is 84.3 Å². The molecule has 8 heteroatoms. The van der Waals surface area contributed by atoms with Gasteiger partial charge in [-0.25, -0.2) is 0 Å². The predicted octanol–water partition coefficient (Wildman–Crippen LogP) is 3.66. The summed E-state index contributed by atoms with van der Waals surface area (Å²) in [6.45, 7) is 0. The Hall–Kier alpha value is -2.31. The molecule has 0 radical (unpaired) electrons. The van der Waals surface area contributed by atoms with Crippen molar-refractivity contribution in [2.24, 2.45) is 0 Å².